The molecule has 1 aliphatic heterocycles. The topological polar surface area (TPSA) is 26.3 Å². The van der Waals surface area contributed by atoms with Crippen molar-refractivity contribution in [1.82, 2.24) is 0 Å². The Balaban J connectivity index is 2.13. The molecule has 0 unspecified atom stereocenters. The molecule has 0 spiro atoms. The molecule has 0 bridgehead atoms. The van der Waals surface area contributed by atoms with Crippen molar-refractivity contribution < 1.29 is 9.53 Å². The molecule has 1 aromatic carbocycles. The molecule has 2 aromatic rings. The summed E-state index contributed by atoms with van der Waals surface area (Å²) in [5.74, 6) is -0.190. The highest BCUT2D eigenvalue weighted by Gasteiger charge is 2.25. The minimum absolute atomic E-state index is 0.190. The van der Waals surface area contributed by atoms with Gasteiger partial charge in [-0.3, -0.25) is 0 Å². The van der Waals surface area contributed by atoms with Gasteiger partial charge in [0, 0.05) is 16.3 Å². The molecule has 2 nitrogen and oxygen atoms in total. The van der Waals surface area contributed by atoms with Crippen molar-refractivity contribution in [2.24, 2.45) is 0 Å². The van der Waals surface area contributed by atoms with Crippen molar-refractivity contribution in [3.05, 3.63) is 45.3 Å². The zero-order chi connectivity index (χ0) is 12.7. The molecule has 1 aromatic heterocycles. The quantitative estimate of drug-likeness (QED) is 0.735. The summed E-state index contributed by atoms with van der Waals surface area (Å²) >= 11 is 7.40. The van der Waals surface area contributed by atoms with E-state index in [0.717, 1.165) is 32.3 Å². The molecule has 3 rings (SSSR count). The Morgan fingerprint density at radius 1 is 1.22 bits per heavy atom. The number of thiophene rings is 1. The average molecular weight is 279 g/mol. The molecule has 0 fully saturated rings. The lowest BCUT2D eigenvalue weighted by atomic mass is 10.0. The first-order valence-electron chi connectivity index (χ1n) is 5.72. The largest absolute Gasteiger partial charge is 0.461 e. The predicted octanol–water partition coefficient (Wildman–Crippen LogP) is 4.09. The molecule has 0 radical (unpaired) electrons. The first-order chi connectivity index (χ1) is 8.66. The van der Waals surface area contributed by atoms with E-state index in [2.05, 4.69) is 6.92 Å². The third-order valence-corrected chi connectivity index (χ3v) is 4.76. The number of carbonyl (C=O) groups is 1. The highest BCUT2D eigenvalue weighted by atomic mass is 35.5. The Bertz CT molecular complexity index is 613. The van der Waals surface area contributed by atoms with Gasteiger partial charge in [-0.15, -0.1) is 11.3 Å². The van der Waals surface area contributed by atoms with Gasteiger partial charge >= 0.3 is 5.97 Å². The van der Waals surface area contributed by atoms with Crippen LogP contribution < -0.4 is 0 Å². The van der Waals surface area contributed by atoms with Crippen molar-refractivity contribution >= 4 is 28.9 Å². The Kier molecular flexibility index (Phi) is 2.88. The minimum atomic E-state index is -0.190. The molecule has 2 heterocycles. The lowest BCUT2D eigenvalue weighted by Gasteiger charge is -2.11. The van der Waals surface area contributed by atoms with Gasteiger partial charge in [-0.05, 0) is 35.7 Å². The number of carbonyl (C=O) groups excluding carboxylic acids is 1. The summed E-state index contributed by atoms with van der Waals surface area (Å²) in [6.45, 7) is 2.56. The summed E-state index contributed by atoms with van der Waals surface area (Å²) < 4.78 is 5.08. The van der Waals surface area contributed by atoms with Crippen LogP contribution in [0.1, 0.15) is 20.8 Å². The maximum Gasteiger partial charge on any atom is 0.348 e. The molecule has 4 heteroatoms. The van der Waals surface area contributed by atoms with Crippen LogP contribution in [-0.4, -0.2) is 12.6 Å². The standard InChI is InChI=1S/C14H11ClO2S/c1-8-11-6-7-17-14(16)13(11)18-12(8)9-2-4-10(15)5-3-9/h2-5H,6-7H2,1H3. The maximum atomic E-state index is 11.7. The molecule has 18 heavy (non-hydrogen) atoms. The first-order valence-corrected chi connectivity index (χ1v) is 6.91. The van der Waals surface area contributed by atoms with E-state index in [4.69, 9.17) is 16.3 Å². The third kappa shape index (κ3) is 1.84. The molecule has 0 amide bonds. The van der Waals surface area contributed by atoms with Crippen LogP contribution in [0.3, 0.4) is 0 Å². The Morgan fingerprint density at radius 3 is 2.61 bits per heavy atom. The van der Waals surface area contributed by atoms with Crippen LogP contribution in [-0.2, 0) is 11.2 Å². The number of hydrogen-bond acceptors (Lipinski definition) is 3. The van der Waals surface area contributed by atoms with Crippen LogP contribution in [0.15, 0.2) is 24.3 Å². The van der Waals surface area contributed by atoms with Crippen LogP contribution >= 0.6 is 22.9 Å². The van der Waals surface area contributed by atoms with Crippen LogP contribution in [0, 0.1) is 6.92 Å². The zero-order valence-electron chi connectivity index (χ0n) is 9.83. The molecule has 0 saturated carbocycles. The van der Waals surface area contributed by atoms with Crippen molar-refractivity contribution in [2.75, 3.05) is 6.61 Å². The fourth-order valence-electron chi connectivity index (χ4n) is 2.20. The van der Waals surface area contributed by atoms with Crippen molar-refractivity contribution in [3.63, 3.8) is 0 Å². The fourth-order valence-corrected chi connectivity index (χ4v) is 3.58. The summed E-state index contributed by atoms with van der Waals surface area (Å²) in [6.07, 6.45) is 0.816. The van der Waals surface area contributed by atoms with E-state index < -0.39 is 0 Å². The lowest BCUT2D eigenvalue weighted by molar-refractivity contribution is 0.0487. The number of rotatable bonds is 1. The predicted molar refractivity (Wildman–Crippen MR) is 73.5 cm³/mol. The Morgan fingerprint density at radius 2 is 1.94 bits per heavy atom. The fraction of sp³-hybridized carbons (Fsp3) is 0.214. The van der Waals surface area contributed by atoms with Crippen molar-refractivity contribution in [3.8, 4) is 10.4 Å². The SMILES string of the molecule is Cc1c(-c2ccc(Cl)cc2)sc2c1CCOC2=O. The monoisotopic (exact) mass is 278 g/mol. The van der Waals surface area contributed by atoms with Gasteiger partial charge in [0.25, 0.3) is 0 Å². The van der Waals surface area contributed by atoms with Gasteiger partial charge in [0.15, 0.2) is 0 Å². The Labute approximate surface area is 114 Å². The summed E-state index contributed by atoms with van der Waals surface area (Å²) in [5, 5.41) is 0.720. The highest BCUT2D eigenvalue weighted by Crippen LogP contribution is 2.38. The normalized spacial score (nSPS) is 14.2. The van der Waals surface area contributed by atoms with Gasteiger partial charge in [0.1, 0.15) is 4.88 Å². The lowest BCUT2D eigenvalue weighted by Crippen LogP contribution is -2.15. The van der Waals surface area contributed by atoms with Gasteiger partial charge in [-0.1, -0.05) is 23.7 Å². The number of halogens is 1. The molecule has 1 aliphatic rings. The molecular formula is C14H11ClO2S. The zero-order valence-corrected chi connectivity index (χ0v) is 11.4. The first kappa shape index (κ1) is 11.8. The van der Waals surface area contributed by atoms with E-state index in [1.54, 1.807) is 0 Å². The van der Waals surface area contributed by atoms with Crippen molar-refractivity contribution in [1.29, 1.82) is 0 Å². The molecule has 0 N–H and O–H groups in total. The van der Waals surface area contributed by atoms with Gasteiger partial charge in [-0.25, -0.2) is 4.79 Å². The number of fused-ring (bicyclic) bond motifs is 1. The number of esters is 1. The number of ether oxygens (including phenoxy) is 1. The summed E-state index contributed by atoms with van der Waals surface area (Å²) in [4.78, 5) is 13.6. The highest BCUT2D eigenvalue weighted by molar-refractivity contribution is 7.17. The van der Waals surface area contributed by atoms with Crippen molar-refractivity contribution in [2.45, 2.75) is 13.3 Å². The Hall–Kier alpha value is -1.32. The summed E-state index contributed by atoms with van der Waals surface area (Å²) in [5.41, 5.74) is 3.43. The molecule has 0 saturated heterocycles. The molecule has 0 atom stereocenters. The van der Waals surface area contributed by atoms with E-state index in [0.29, 0.717) is 6.61 Å². The third-order valence-electron chi connectivity index (χ3n) is 3.15. The van der Waals surface area contributed by atoms with E-state index in [-0.39, 0.29) is 5.97 Å². The van der Waals surface area contributed by atoms with E-state index in [9.17, 15) is 4.79 Å². The molecular weight excluding hydrogens is 268 g/mol. The van der Waals surface area contributed by atoms with E-state index in [1.807, 2.05) is 24.3 Å². The van der Waals surface area contributed by atoms with Crippen LogP contribution in [0.5, 0.6) is 0 Å². The van der Waals surface area contributed by atoms with Gasteiger partial charge in [0.2, 0.25) is 0 Å². The van der Waals surface area contributed by atoms with E-state index >= 15 is 0 Å². The van der Waals surface area contributed by atoms with Gasteiger partial charge in [-0.2, -0.15) is 0 Å². The van der Waals surface area contributed by atoms with Gasteiger partial charge < -0.3 is 4.74 Å². The minimum Gasteiger partial charge on any atom is -0.461 e. The van der Waals surface area contributed by atoms with E-state index in [1.165, 1.54) is 16.9 Å². The number of benzene rings is 1. The maximum absolute atomic E-state index is 11.7. The average Bonchev–Trinajstić information content (AvgIpc) is 2.70. The molecule has 0 aliphatic carbocycles. The number of hydrogen-bond donors (Lipinski definition) is 0. The second-order valence-electron chi connectivity index (χ2n) is 4.26. The van der Waals surface area contributed by atoms with Crippen LogP contribution in [0.2, 0.25) is 5.02 Å². The second-order valence-corrected chi connectivity index (χ2v) is 5.71. The van der Waals surface area contributed by atoms with Crippen LogP contribution in [0.25, 0.3) is 10.4 Å². The van der Waals surface area contributed by atoms with Gasteiger partial charge in [0.05, 0.1) is 6.61 Å². The summed E-state index contributed by atoms with van der Waals surface area (Å²) in [7, 11) is 0. The summed E-state index contributed by atoms with van der Waals surface area (Å²) in [6, 6.07) is 7.70. The van der Waals surface area contributed by atoms with Crippen LogP contribution in [0.4, 0.5) is 0 Å². The smallest absolute Gasteiger partial charge is 0.348 e. The number of cyclic esters (lactones) is 1. The molecule has 92 valence electrons. The second kappa shape index (κ2) is 4.41.